The van der Waals surface area contributed by atoms with Crippen molar-refractivity contribution in [3.05, 3.63) is 89.5 Å². The first kappa shape index (κ1) is 21.7. The zero-order valence-corrected chi connectivity index (χ0v) is 17.8. The fourth-order valence-corrected chi connectivity index (χ4v) is 4.30. The molecule has 1 aromatic carbocycles. The first-order valence-electron chi connectivity index (χ1n) is 9.78. The van der Waals surface area contributed by atoms with E-state index in [1.807, 2.05) is 30.3 Å². The lowest BCUT2D eigenvalue weighted by Gasteiger charge is -2.04. The molecule has 0 fully saturated rings. The highest BCUT2D eigenvalue weighted by Gasteiger charge is 2.19. The second-order valence-corrected chi connectivity index (χ2v) is 9.14. The van der Waals surface area contributed by atoms with Gasteiger partial charge in [-0.25, -0.2) is 17.9 Å². The van der Waals surface area contributed by atoms with Gasteiger partial charge in [0.1, 0.15) is 0 Å². The van der Waals surface area contributed by atoms with E-state index in [0.29, 0.717) is 17.9 Å². The molecule has 0 unspecified atom stereocenters. The molecule has 0 radical (unpaired) electrons. The van der Waals surface area contributed by atoms with Crippen molar-refractivity contribution >= 4 is 16.0 Å². The Kier molecular flexibility index (Phi) is 6.70. The summed E-state index contributed by atoms with van der Waals surface area (Å²) in [6, 6.07) is 17.7. The van der Waals surface area contributed by atoms with Crippen LogP contribution in [0.1, 0.15) is 41.3 Å². The molecule has 0 bridgehead atoms. The predicted molar refractivity (Wildman–Crippen MR) is 119 cm³/mol. The fourth-order valence-electron chi connectivity index (χ4n) is 3.30. The molecule has 5 nitrogen and oxygen atoms in total. The molecule has 1 aromatic rings. The number of fused-ring (bicyclic) bond motifs is 1. The summed E-state index contributed by atoms with van der Waals surface area (Å²) in [6.45, 7) is 4.35. The second-order valence-electron chi connectivity index (χ2n) is 7.38. The highest BCUT2D eigenvalue weighted by molar-refractivity contribution is 7.89. The highest BCUT2D eigenvalue weighted by atomic mass is 32.2. The predicted octanol–water partition coefficient (Wildman–Crippen LogP) is 4.69. The lowest BCUT2D eigenvalue weighted by molar-refractivity contribution is 0.0698. The number of hydrogen-bond donors (Lipinski definition) is 2. The van der Waals surface area contributed by atoms with Crippen LogP contribution in [0.2, 0.25) is 0 Å². The normalized spacial score (nSPS) is 12.1. The van der Waals surface area contributed by atoms with Crippen LogP contribution in [-0.4, -0.2) is 26.0 Å². The Labute approximate surface area is 177 Å². The number of carboxylic acids is 1. The number of sulfonamides is 1. The van der Waals surface area contributed by atoms with Gasteiger partial charge in [-0.1, -0.05) is 68.5 Å². The van der Waals surface area contributed by atoms with E-state index in [2.05, 4.69) is 18.6 Å². The van der Waals surface area contributed by atoms with E-state index in [9.17, 15) is 18.3 Å². The molecule has 0 saturated carbocycles. The van der Waals surface area contributed by atoms with Crippen LogP contribution in [0, 0.1) is 0 Å². The minimum absolute atomic E-state index is 0.160. The number of aromatic carboxylic acids is 1. The maximum absolute atomic E-state index is 12.2. The van der Waals surface area contributed by atoms with E-state index in [-0.39, 0.29) is 17.0 Å². The monoisotopic (exact) mass is 423 g/mol. The molecule has 0 atom stereocenters. The van der Waals surface area contributed by atoms with Gasteiger partial charge in [-0.2, -0.15) is 0 Å². The van der Waals surface area contributed by atoms with E-state index < -0.39 is 16.0 Å². The minimum Gasteiger partial charge on any atom is -0.478 e. The first-order valence-corrected chi connectivity index (χ1v) is 11.3. The van der Waals surface area contributed by atoms with Crippen molar-refractivity contribution in [3.8, 4) is 11.1 Å². The summed E-state index contributed by atoms with van der Waals surface area (Å²) in [5.41, 5.74) is 3.93. The van der Waals surface area contributed by atoms with Crippen LogP contribution in [-0.2, 0) is 16.4 Å². The summed E-state index contributed by atoms with van der Waals surface area (Å²) in [6.07, 6.45) is 4.10. The summed E-state index contributed by atoms with van der Waals surface area (Å²) in [7, 11) is -3.55. The van der Waals surface area contributed by atoms with Crippen LogP contribution < -0.4 is 4.72 Å². The van der Waals surface area contributed by atoms with E-state index in [0.717, 1.165) is 16.7 Å². The summed E-state index contributed by atoms with van der Waals surface area (Å²) >= 11 is 0. The number of hydrogen-bond acceptors (Lipinski definition) is 3. The smallest absolute Gasteiger partial charge is 0.336 e. The van der Waals surface area contributed by atoms with Crippen LogP contribution in [0.15, 0.2) is 77.7 Å². The molecule has 0 aliphatic heterocycles. The lowest BCUT2D eigenvalue weighted by atomic mass is 10.1. The molecule has 2 aliphatic rings. The van der Waals surface area contributed by atoms with Gasteiger partial charge in [-0.3, -0.25) is 0 Å². The molecule has 156 valence electrons. The summed E-state index contributed by atoms with van der Waals surface area (Å²) in [5.74, 6) is -0.612. The van der Waals surface area contributed by atoms with E-state index in [4.69, 9.17) is 0 Å². The van der Waals surface area contributed by atoms with E-state index >= 15 is 0 Å². The van der Waals surface area contributed by atoms with Crippen LogP contribution >= 0.6 is 0 Å². The summed E-state index contributed by atoms with van der Waals surface area (Å²) < 4.78 is 27.0. The Hall–Kier alpha value is -2.96. The Morgan fingerprint density at radius 2 is 1.67 bits per heavy atom. The van der Waals surface area contributed by atoms with Crippen molar-refractivity contribution in [1.29, 1.82) is 0 Å². The fraction of sp³-hybridized carbons (Fsp3) is 0.208. The number of carbonyl (C=O) groups is 1. The van der Waals surface area contributed by atoms with Crippen molar-refractivity contribution in [2.24, 2.45) is 0 Å². The molecule has 0 amide bonds. The Balaban J connectivity index is 1.75. The third-order valence-electron chi connectivity index (χ3n) is 4.98. The largest absolute Gasteiger partial charge is 0.478 e. The molecule has 0 aromatic heterocycles. The van der Waals surface area contributed by atoms with Gasteiger partial charge in [0.05, 0.1) is 10.5 Å². The van der Waals surface area contributed by atoms with E-state index in [1.54, 1.807) is 42.5 Å². The quantitative estimate of drug-likeness (QED) is 0.515. The maximum atomic E-state index is 12.2. The molecule has 3 rings (SSSR count). The van der Waals surface area contributed by atoms with E-state index in [1.165, 1.54) is 0 Å². The lowest BCUT2D eigenvalue weighted by Crippen LogP contribution is -2.23. The van der Waals surface area contributed by atoms with Crippen LogP contribution in [0.25, 0.3) is 11.1 Å². The zero-order valence-electron chi connectivity index (χ0n) is 17.0. The van der Waals surface area contributed by atoms with Gasteiger partial charge in [0.15, 0.2) is 0 Å². The number of allylic oxidation sites excluding steroid dienone is 1. The van der Waals surface area contributed by atoms with Crippen molar-refractivity contribution in [2.45, 2.75) is 31.1 Å². The van der Waals surface area contributed by atoms with Crippen LogP contribution in [0.3, 0.4) is 0 Å². The van der Waals surface area contributed by atoms with Gasteiger partial charge in [-0.05, 0) is 52.8 Å². The molecule has 0 heterocycles. The van der Waals surface area contributed by atoms with Crippen LogP contribution in [0.4, 0.5) is 0 Å². The third-order valence-corrected chi connectivity index (χ3v) is 6.42. The summed E-state index contributed by atoms with van der Waals surface area (Å²) in [4.78, 5) is 11.9. The van der Waals surface area contributed by atoms with Crippen molar-refractivity contribution in [2.75, 3.05) is 6.54 Å². The molecular weight excluding hydrogens is 398 g/mol. The topological polar surface area (TPSA) is 83.5 Å². The number of rotatable bonds is 8. The average Bonchev–Trinajstić information content (AvgIpc) is 2.91. The second kappa shape index (κ2) is 9.24. The number of carboxylic acid groups (broad SMARTS) is 1. The average molecular weight is 424 g/mol. The SMILES string of the molecule is CC(C)c1ccc2c(C/C=C\CNS(=O)(=O)c3ccccc3)cc(C(=O)O)c-2cc1. The Morgan fingerprint density at radius 3 is 2.30 bits per heavy atom. The van der Waals surface area contributed by atoms with Gasteiger partial charge in [0.2, 0.25) is 10.0 Å². The van der Waals surface area contributed by atoms with Crippen molar-refractivity contribution < 1.29 is 18.3 Å². The Morgan fingerprint density at radius 1 is 1.00 bits per heavy atom. The molecule has 2 N–H and O–H groups in total. The molecule has 0 saturated heterocycles. The zero-order chi connectivity index (χ0) is 21.7. The van der Waals surface area contributed by atoms with Gasteiger partial charge in [-0.15, -0.1) is 0 Å². The van der Waals surface area contributed by atoms with Gasteiger partial charge in [0.25, 0.3) is 0 Å². The Bertz CT molecular complexity index is 1140. The van der Waals surface area contributed by atoms with Gasteiger partial charge >= 0.3 is 5.97 Å². The van der Waals surface area contributed by atoms with Gasteiger partial charge < -0.3 is 5.11 Å². The third kappa shape index (κ3) is 4.96. The molecule has 30 heavy (non-hydrogen) atoms. The van der Waals surface area contributed by atoms with Crippen molar-refractivity contribution in [1.82, 2.24) is 4.72 Å². The number of benzene rings is 1. The molecular formula is C24H25NO4S. The molecule has 6 heteroatoms. The number of nitrogens with one attached hydrogen (secondary N) is 1. The molecule has 2 aliphatic carbocycles. The van der Waals surface area contributed by atoms with Crippen LogP contribution in [0.5, 0.6) is 0 Å². The minimum atomic E-state index is -3.55. The van der Waals surface area contributed by atoms with Gasteiger partial charge in [0, 0.05) is 6.54 Å². The van der Waals surface area contributed by atoms with Crippen molar-refractivity contribution in [3.63, 3.8) is 0 Å². The standard InChI is InChI=1S/C24H25NO4S/c1-17(2)18-11-13-21-19(16-23(24(26)27)22(21)14-12-18)8-6-7-15-25-30(28,29)20-9-4-3-5-10-20/h3-7,9-14,16-17,25H,8,15H2,1-2H3,(H,26,27)/b7-6-. The highest BCUT2D eigenvalue weighted by Crippen LogP contribution is 2.33. The summed E-state index contributed by atoms with van der Waals surface area (Å²) in [5, 5.41) is 9.57. The first-order chi connectivity index (χ1) is 14.3. The maximum Gasteiger partial charge on any atom is 0.336 e. The molecule has 0 spiro atoms.